The first-order valence-electron chi connectivity index (χ1n) is 12.7. The smallest absolute Gasteiger partial charge is 0.467 e. The van der Waals surface area contributed by atoms with Crippen molar-refractivity contribution in [3.8, 4) is 22.6 Å². The number of ether oxygens (including phenoxy) is 4. The summed E-state index contributed by atoms with van der Waals surface area (Å²) in [6, 6.07) is 30.2. The molecule has 0 spiro atoms. The lowest BCUT2D eigenvalue weighted by Gasteiger charge is -2.18. The summed E-state index contributed by atoms with van der Waals surface area (Å²) in [7, 11) is 1.25. The number of methoxy groups -OCH3 is 1. The average Bonchev–Trinajstić information content (AvgIpc) is 3.30. The molecule has 0 aliphatic heterocycles. The topological polar surface area (TPSA) is 100 Å². The molecule has 4 aromatic rings. The molecule has 1 aliphatic carbocycles. The SMILES string of the molecule is COC(=O)[C@H](Cc1ccc(OC(=O)Oc2ccccc2)cc1)NC(=O)OCC1c2ccccc2-c2ccccc21. The number of benzene rings is 4. The van der Waals surface area contributed by atoms with Crippen molar-refractivity contribution >= 4 is 18.2 Å². The largest absolute Gasteiger partial charge is 0.519 e. The minimum absolute atomic E-state index is 0.101. The molecule has 0 fully saturated rings. The molecule has 1 N–H and O–H groups in total. The summed E-state index contributed by atoms with van der Waals surface area (Å²) in [6.07, 6.45) is -1.45. The Morgan fingerprint density at radius 2 is 1.27 bits per heavy atom. The van der Waals surface area contributed by atoms with Crippen LogP contribution in [0.25, 0.3) is 11.1 Å². The molecule has 0 unspecified atom stereocenters. The Labute approximate surface area is 231 Å². The number of rotatable bonds is 8. The second kappa shape index (κ2) is 12.2. The van der Waals surface area contributed by atoms with E-state index >= 15 is 0 Å². The van der Waals surface area contributed by atoms with Gasteiger partial charge in [-0.1, -0.05) is 78.9 Å². The zero-order valence-electron chi connectivity index (χ0n) is 21.7. The first kappa shape index (κ1) is 26.5. The van der Waals surface area contributed by atoms with Crippen LogP contribution in [0.4, 0.5) is 9.59 Å². The van der Waals surface area contributed by atoms with Gasteiger partial charge in [-0.05, 0) is 52.1 Å². The van der Waals surface area contributed by atoms with E-state index in [1.54, 1.807) is 54.6 Å². The molecule has 0 bridgehead atoms. The molecule has 1 aliphatic rings. The lowest BCUT2D eigenvalue weighted by atomic mass is 9.98. The van der Waals surface area contributed by atoms with Crippen LogP contribution in [-0.4, -0.2) is 38.0 Å². The quantitative estimate of drug-likeness (QED) is 0.221. The summed E-state index contributed by atoms with van der Waals surface area (Å²) in [6.45, 7) is 0.124. The van der Waals surface area contributed by atoms with Gasteiger partial charge in [-0.2, -0.15) is 0 Å². The normalized spacial score (nSPS) is 12.4. The van der Waals surface area contributed by atoms with Gasteiger partial charge < -0.3 is 24.3 Å². The zero-order valence-corrected chi connectivity index (χ0v) is 21.7. The molecule has 1 atom stereocenters. The predicted molar refractivity (Wildman–Crippen MR) is 147 cm³/mol. The van der Waals surface area contributed by atoms with Crippen LogP contribution in [0.3, 0.4) is 0 Å². The number of nitrogens with one attached hydrogen (secondary N) is 1. The third-order valence-corrected chi connectivity index (χ3v) is 6.63. The van der Waals surface area contributed by atoms with E-state index in [1.165, 1.54) is 7.11 Å². The van der Waals surface area contributed by atoms with Gasteiger partial charge in [-0.25, -0.2) is 14.4 Å². The number of carbonyl (C=O) groups excluding carboxylic acids is 3. The van der Waals surface area contributed by atoms with Crippen LogP contribution in [0, 0.1) is 0 Å². The highest BCUT2D eigenvalue weighted by atomic mass is 16.7. The summed E-state index contributed by atoms with van der Waals surface area (Å²) in [5.74, 6) is -0.0794. The highest BCUT2D eigenvalue weighted by Crippen LogP contribution is 2.44. The lowest BCUT2D eigenvalue weighted by Crippen LogP contribution is -2.43. The molecule has 0 saturated carbocycles. The Balaban J connectivity index is 1.18. The molecular formula is C32H27NO7. The first-order chi connectivity index (χ1) is 19.5. The summed E-state index contributed by atoms with van der Waals surface area (Å²) in [4.78, 5) is 37.2. The van der Waals surface area contributed by atoms with Crippen molar-refractivity contribution in [2.24, 2.45) is 0 Å². The molecule has 0 saturated heterocycles. The molecule has 0 aromatic heterocycles. The minimum atomic E-state index is -0.976. The molecular weight excluding hydrogens is 510 g/mol. The Morgan fingerprint density at radius 1 is 0.725 bits per heavy atom. The van der Waals surface area contributed by atoms with Crippen LogP contribution in [0.5, 0.6) is 11.5 Å². The molecule has 4 aromatic carbocycles. The van der Waals surface area contributed by atoms with Gasteiger partial charge in [0, 0.05) is 12.3 Å². The van der Waals surface area contributed by atoms with Gasteiger partial charge in [0.25, 0.3) is 0 Å². The van der Waals surface area contributed by atoms with E-state index in [4.69, 9.17) is 18.9 Å². The second-order valence-electron chi connectivity index (χ2n) is 9.16. The number of hydrogen-bond donors (Lipinski definition) is 1. The summed E-state index contributed by atoms with van der Waals surface area (Å²) in [5, 5.41) is 2.62. The van der Waals surface area contributed by atoms with Gasteiger partial charge in [-0.15, -0.1) is 0 Å². The van der Waals surface area contributed by atoms with Crippen LogP contribution in [0.2, 0.25) is 0 Å². The number of para-hydroxylation sites is 1. The van der Waals surface area contributed by atoms with E-state index in [0.717, 1.165) is 22.3 Å². The number of alkyl carbamates (subject to hydrolysis) is 1. The van der Waals surface area contributed by atoms with E-state index in [-0.39, 0.29) is 24.7 Å². The molecule has 40 heavy (non-hydrogen) atoms. The van der Waals surface area contributed by atoms with Crippen LogP contribution < -0.4 is 14.8 Å². The van der Waals surface area contributed by atoms with Crippen molar-refractivity contribution in [2.75, 3.05) is 13.7 Å². The molecule has 8 nitrogen and oxygen atoms in total. The Morgan fingerprint density at radius 3 is 1.88 bits per heavy atom. The second-order valence-corrected chi connectivity index (χ2v) is 9.16. The molecule has 202 valence electrons. The fourth-order valence-corrected chi connectivity index (χ4v) is 4.75. The van der Waals surface area contributed by atoms with Crippen molar-refractivity contribution in [2.45, 2.75) is 18.4 Å². The van der Waals surface area contributed by atoms with E-state index in [1.807, 2.05) is 36.4 Å². The number of amides is 1. The van der Waals surface area contributed by atoms with Crippen LogP contribution >= 0.6 is 0 Å². The van der Waals surface area contributed by atoms with Gasteiger partial charge >= 0.3 is 18.2 Å². The number of hydrogen-bond acceptors (Lipinski definition) is 7. The number of fused-ring (bicyclic) bond motifs is 3. The van der Waals surface area contributed by atoms with Crippen molar-refractivity contribution in [3.63, 3.8) is 0 Å². The molecule has 1 amide bonds. The molecule has 5 rings (SSSR count). The van der Waals surface area contributed by atoms with Crippen molar-refractivity contribution in [1.82, 2.24) is 5.32 Å². The maximum atomic E-state index is 12.8. The standard InChI is InChI=1S/C32H27NO7/c1-37-30(34)29(19-21-15-17-23(18-16-21)40-32(36)39-22-9-3-2-4-10-22)33-31(35)38-20-28-26-13-7-5-11-24(26)25-12-6-8-14-27(25)28/h2-18,28-29H,19-20H2,1H3,(H,33,35)/t29-/m0/s1. The van der Waals surface area contributed by atoms with Gasteiger partial charge in [-0.3, -0.25) is 0 Å². The van der Waals surface area contributed by atoms with Gasteiger partial charge in [0.1, 0.15) is 24.1 Å². The Kier molecular flexibility index (Phi) is 8.06. The fourth-order valence-electron chi connectivity index (χ4n) is 4.75. The highest BCUT2D eigenvalue weighted by molar-refractivity contribution is 5.82. The minimum Gasteiger partial charge on any atom is -0.467 e. The lowest BCUT2D eigenvalue weighted by molar-refractivity contribution is -0.143. The summed E-state index contributed by atoms with van der Waals surface area (Å²) < 4.78 is 20.8. The fraction of sp³-hybridized carbons (Fsp3) is 0.156. The molecule has 0 radical (unpaired) electrons. The van der Waals surface area contributed by atoms with Crippen molar-refractivity contribution in [3.05, 3.63) is 120 Å². The monoisotopic (exact) mass is 537 g/mol. The summed E-state index contributed by atoms with van der Waals surface area (Å²) >= 11 is 0. The Bertz CT molecular complexity index is 1460. The van der Waals surface area contributed by atoms with E-state index in [2.05, 4.69) is 17.4 Å². The average molecular weight is 538 g/mol. The van der Waals surface area contributed by atoms with E-state index in [9.17, 15) is 14.4 Å². The first-order valence-corrected chi connectivity index (χ1v) is 12.7. The van der Waals surface area contributed by atoms with E-state index < -0.39 is 24.3 Å². The van der Waals surface area contributed by atoms with Gasteiger partial charge in [0.2, 0.25) is 0 Å². The van der Waals surface area contributed by atoms with Crippen LogP contribution in [0.1, 0.15) is 22.6 Å². The number of esters is 1. The van der Waals surface area contributed by atoms with Gasteiger partial charge in [0.15, 0.2) is 0 Å². The van der Waals surface area contributed by atoms with Gasteiger partial charge in [0.05, 0.1) is 7.11 Å². The third kappa shape index (κ3) is 6.13. The van der Waals surface area contributed by atoms with E-state index in [0.29, 0.717) is 11.3 Å². The molecule has 8 heteroatoms. The van der Waals surface area contributed by atoms with Crippen LogP contribution in [0.15, 0.2) is 103 Å². The Hall–Kier alpha value is -5.11. The maximum absolute atomic E-state index is 12.8. The molecule has 0 heterocycles. The van der Waals surface area contributed by atoms with Crippen molar-refractivity contribution in [1.29, 1.82) is 0 Å². The number of carbonyl (C=O) groups is 3. The maximum Gasteiger partial charge on any atom is 0.519 e. The predicted octanol–water partition coefficient (Wildman–Crippen LogP) is 5.89. The third-order valence-electron chi connectivity index (χ3n) is 6.63. The zero-order chi connectivity index (χ0) is 27.9. The van der Waals surface area contributed by atoms with Crippen molar-refractivity contribution < 1.29 is 33.3 Å². The summed E-state index contributed by atoms with van der Waals surface area (Å²) in [5.41, 5.74) is 5.14. The van der Waals surface area contributed by atoms with Crippen LogP contribution in [-0.2, 0) is 20.7 Å². The highest BCUT2D eigenvalue weighted by Gasteiger charge is 2.30.